The van der Waals surface area contributed by atoms with Gasteiger partial charge in [-0.05, 0) is 50.3 Å². The standard InChI is InChI=1S/C23H27NO6/c1-6-11(2)21(22(26)27)24-20(25)8-7-15-13(4)17-9-16-12(3)14(5)29-18(16)10-19(17)30-23(15)28/h9-11,21H,6-8H2,1-5H3,(H,24,25)(H,26,27)/t11-,21+/m1/s1. The number of hydrogen-bond acceptors (Lipinski definition) is 5. The molecule has 0 fully saturated rings. The zero-order chi connectivity index (χ0) is 22.2. The number of furan rings is 1. The molecule has 2 aromatic heterocycles. The molecule has 0 aliphatic heterocycles. The molecule has 0 saturated carbocycles. The predicted molar refractivity (Wildman–Crippen MR) is 114 cm³/mol. The van der Waals surface area contributed by atoms with Gasteiger partial charge in [-0.15, -0.1) is 0 Å². The first kappa shape index (κ1) is 21.6. The van der Waals surface area contributed by atoms with Crippen LogP contribution in [-0.4, -0.2) is 23.0 Å². The van der Waals surface area contributed by atoms with Gasteiger partial charge >= 0.3 is 11.6 Å². The van der Waals surface area contributed by atoms with Gasteiger partial charge in [-0.3, -0.25) is 4.79 Å². The SMILES string of the molecule is CC[C@@H](C)[C@H](NC(=O)CCc1c(C)c2cc3c(C)c(C)oc3cc2oc1=O)C(=O)O. The zero-order valence-electron chi connectivity index (χ0n) is 17.9. The van der Waals surface area contributed by atoms with Gasteiger partial charge in [0.1, 0.15) is 23.0 Å². The number of aryl methyl sites for hydroxylation is 3. The maximum Gasteiger partial charge on any atom is 0.339 e. The fourth-order valence-corrected chi connectivity index (χ4v) is 3.68. The third-order valence-electron chi connectivity index (χ3n) is 5.98. The number of amides is 1. The molecule has 0 spiro atoms. The van der Waals surface area contributed by atoms with Crippen LogP contribution in [-0.2, 0) is 16.0 Å². The van der Waals surface area contributed by atoms with Crippen LogP contribution in [0.15, 0.2) is 25.8 Å². The van der Waals surface area contributed by atoms with Gasteiger partial charge < -0.3 is 19.3 Å². The smallest absolute Gasteiger partial charge is 0.339 e. The Kier molecular flexibility index (Phi) is 6.01. The number of carboxylic acids is 1. The van der Waals surface area contributed by atoms with E-state index in [1.807, 2.05) is 33.8 Å². The lowest BCUT2D eigenvalue weighted by Crippen LogP contribution is -2.45. The van der Waals surface area contributed by atoms with Crippen molar-refractivity contribution in [1.29, 1.82) is 0 Å². The Bertz CT molecular complexity index is 1190. The second kappa shape index (κ2) is 8.34. The molecule has 2 atom stereocenters. The minimum atomic E-state index is -1.06. The molecule has 0 radical (unpaired) electrons. The third-order valence-corrected chi connectivity index (χ3v) is 5.98. The highest BCUT2D eigenvalue weighted by atomic mass is 16.4. The number of carbonyl (C=O) groups is 2. The highest BCUT2D eigenvalue weighted by Gasteiger charge is 2.25. The van der Waals surface area contributed by atoms with Gasteiger partial charge in [0.2, 0.25) is 5.91 Å². The summed E-state index contributed by atoms with van der Waals surface area (Å²) in [5.41, 5.74) is 2.81. The fourth-order valence-electron chi connectivity index (χ4n) is 3.68. The third kappa shape index (κ3) is 3.97. The first-order chi connectivity index (χ1) is 14.1. The zero-order valence-corrected chi connectivity index (χ0v) is 17.9. The van der Waals surface area contributed by atoms with Crippen molar-refractivity contribution in [2.75, 3.05) is 0 Å². The number of aliphatic carboxylic acids is 1. The average Bonchev–Trinajstić information content (AvgIpc) is 2.97. The second-order valence-electron chi connectivity index (χ2n) is 7.89. The van der Waals surface area contributed by atoms with E-state index >= 15 is 0 Å². The highest BCUT2D eigenvalue weighted by molar-refractivity contribution is 5.96. The Balaban J connectivity index is 1.88. The summed E-state index contributed by atoms with van der Waals surface area (Å²) >= 11 is 0. The molecule has 0 aliphatic carbocycles. The van der Waals surface area contributed by atoms with E-state index in [0.717, 1.165) is 27.7 Å². The Hall–Kier alpha value is -3.09. The molecule has 1 amide bonds. The molecule has 30 heavy (non-hydrogen) atoms. The van der Waals surface area contributed by atoms with Crippen molar-refractivity contribution in [3.63, 3.8) is 0 Å². The van der Waals surface area contributed by atoms with Crippen LogP contribution in [0.4, 0.5) is 0 Å². The number of nitrogens with one attached hydrogen (secondary N) is 1. The molecule has 3 aromatic rings. The Morgan fingerprint density at radius 2 is 1.70 bits per heavy atom. The minimum absolute atomic E-state index is 0.00338. The molecule has 2 heterocycles. The van der Waals surface area contributed by atoms with E-state index in [2.05, 4.69) is 5.32 Å². The van der Waals surface area contributed by atoms with Crippen LogP contribution in [0.1, 0.15) is 49.1 Å². The number of carboxylic acid groups (broad SMARTS) is 1. The van der Waals surface area contributed by atoms with Crippen molar-refractivity contribution in [1.82, 2.24) is 5.32 Å². The van der Waals surface area contributed by atoms with Crippen LogP contribution in [0.2, 0.25) is 0 Å². The van der Waals surface area contributed by atoms with E-state index in [9.17, 15) is 19.5 Å². The summed E-state index contributed by atoms with van der Waals surface area (Å²) < 4.78 is 11.2. The van der Waals surface area contributed by atoms with Gasteiger partial charge in [0.05, 0.1) is 0 Å². The second-order valence-corrected chi connectivity index (χ2v) is 7.89. The lowest BCUT2D eigenvalue weighted by molar-refractivity contribution is -0.143. The van der Waals surface area contributed by atoms with Crippen LogP contribution in [0.3, 0.4) is 0 Å². The van der Waals surface area contributed by atoms with Gasteiger partial charge in [-0.25, -0.2) is 9.59 Å². The summed E-state index contributed by atoms with van der Waals surface area (Å²) in [5, 5.41) is 13.7. The molecule has 7 heteroatoms. The molecule has 1 aromatic carbocycles. The monoisotopic (exact) mass is 413 g/mol. The Morgan fingerprint density at radius 3 is 2.33 bits per heavy atom. The quantitative estimate of drug-likeness (QED) is 0.566. The van der Waals surface area contributed by atoms with E-state index in [-0.39, 0.29) is 18.8 Å². The number of fused-ring (bicyclic) bond motifs is 2. The van der Waals surface area contributed by atoms with Crippen molar-refractivity contribution < 1.29 is 23.5 Å². The maximum absolute atomic E-state index is 12.5. The minimum Gasteiger partial charge on any atom is -0.480 e. The molecule has 2 N–H and O–H groups in total. The van der Waals surface area contributed by atoms with Crippen molar-refractivity contribution in [2.24, 2.45) is 5.92 Å². The van der Waals surface area contributed by atoms with Crippen LogP contribution in [0.25, 0.3) is 21.9 Å². The number of hydrogen-bond donors (Lipinski definition) is 2. The fraction of sp³-hybridized carbons (Fsp3) is 0.435. The lowest BCUT2D eigenvalue weighted by Gasteiger charge is -2.20. The largest absolute Gasteiger partial charge is 0.480 e. The van der Waals surface area contributed by atoms with Crippen molar-refractivity contribution in [3.05, 3.63) is 45.0 Å². The van der Waals surface area contributed by atoms with Gasteiger partial charge in [-0.1, -0.05) is 20.3 Å². The molecule has 7 nitrogen and oxygen atoms in total. The molecular formula is C23H27NO6. The summed E-state index contributed by atoms with van der Waals surface area (Å²) in [6.07, 6.45) is 0.805. The summed E-state index contributed by atoms with van der Waals surface area (Å²) in [6.45, 7) is 9.34. The van der Waals surface area contributed by atoms with E-state index in [4.69, 9.17) is 8.83 Å². The van der Waals surface area contributed by atoms with Crippen LogP contribution < -0.4 is 10.9 Å². The lowest BCUT2D eigenvalue weighted by atomic mass is 9.98. The maximum atomic E-state index is 12.5. The van der Waals surface area contributed by atoms with Gasteiger partial charge in [0.15, 0.2) is 0 Å². The molecular weight excluding hydrogens is 386 g/mol. The first-order valence-electron chi connectivity index (χ1n) is 10.1. The Morgan fingerprint density at radius 1 is 1.07 bits per heavy atom. The average molecular weight is 413 g/mol. The van der Waals surface area contributed by atoms with E-state index in [1.165, 1.54) is 0 Å². The van der Waals surface area contributed by atoms with E-state index in [0.29, 0.717) is 23.2 Å². The predicted octanol–water partition coefficient (Wildman–Crippen LogP) is 4.01. The van der Waals surface area contributed by atoms with Crippen LogP contribution in [0, 0.1) is 26.7 Å². The van der Waals surface area contributed by atoms with Crippen LogP contribution >= 0.6 is 0 Å². The summed E-state index contributed by atoms with van der Waals surface area (Å²) in [4.78, 5) is 36.3. The molecule has 160 valence electrons. The van der Waals surface area contributed by atoms with Crippen molar-refractivity contribution >= 4 is 33.8 Å². The molecule has 0 saturated heterocycles. The molecule has 0 aliphatic rings. The van der Waals surface area contributed by atoms with Gasteiger partial charge in [0.25, 0.3) is 0 Å². The van der Waals surface area contributed by atoms with E-state index in [1.54, 1.807) is 13.0 Å². The van der Waals surface area contributed by atoms with Gasteiger partial charge in [-0.2, -0.15) is 0 Å². The first-order valence-corrected chi connectivity index (χ1v) is 10.1. The number of carbonyl (C=O) groups excluding carboxylic acids is 1. The molecule has 0 unspecified atom stereocenters. The summed E-state index contributed by atoms with van der Waals surface area (Å²) in [7, 11) is 0. The highest BCUT2D eigenvalue weighted by Crippen LogP contribution is 2.31. The summed E-state index contributed by atoms with van der Waals surface area (Å²) in [6, 6.07) is 2.72. The normalized spacial score (nSPS) is 13.5. The van der Waals surface area contributed by atoms with Crippen LogP contribution in [0.5, 0.6) is 0 Å². The van der Waals surface area contributed by atoms with Crippen molar-refractivity contribution in [2.45, 2.75) is 59.9 Å². The Labute approximate surface area is 174 Å². The number of rotatable bonds is 7. The summed E-state index contributed by atoms with van der Waals surface area (Å²) in [5.74, 6) is -0.846. The molecule has 0 bridgehead atoms. The number of benzene rings is 1. The topological polar surface area (TPSA) is 110 Å². The van der Waals surface area contributed by atoms with E-state index < -0.39 is 23.5 Å². The van der Waals surface area contributed by atoms with Crippen molar-refractivity contribution in [3.8, 4) is 0 Å². The van der Waals surface area contributed by atoms with Gasteiger partial charge in [0, 0.05) is 28.8 Å². The molecule has 3 rings (SSSR count).